The fourth-order valence-corrected chi connectivity index (χ4v) is 4.02. The Kier molecular flexibility index (Phi) is 5.10. The van der Waals surface area contributed by atoms with Gasteiger partial charge in [-0.2, -0.15) is 0 Å². The molecule has 2 rings (SSSR count). The van der Waals surface area contributed by atoms with Crippen LogP contribution in [0.2, 0.25) is 0 Å². The van der Waals surface area contributed by atoms with Gasteiger partial charge in [0.1, 0.15) is 4.99 Å². The first-order valence-electron chi connectivity index (χ1n) is 6.39. The molecule has 0 aliphatic rings. The Morgan fingerprint density at radius 1 is 1.29 bits per heavy atom. The Labute approximate surface area is 134 Å². The summed E-state index contributed by atoms with van der Waals surface area (Å²) in [7, 11) is -3.53. The largest absolute Gasteiger partial charge is 0.389 e. The average Bonchev–Trinajstić information content (AvgIpc) is 2.93. The van der Waals surface area contributed by atoms with E-state index in [-0.39, 0.29) is 9.88 Å². The van der Waals surface area contributed by atoms with Crippen LogP contribution in [0.3, 0.4) is 0 Å². The van der Waals surface area contributed by atoms with E-state index in [1.165, 1.54) is 17.7 Å². The third-order valence-corrected chi connectivity index (χ3v) is 5.71. The number of thiocarbonyl (C=S) groups is 1. The van der Waals surface area contributed by atoms with Gasteiger partial charge in [0.2, 0.25) is 10.0 Å². The van der Waals surface area contributed by atoms with Gasteiger partial charge in [-0.15, -0.1) is 11.3 Å². The summed E-state index contributed by atoms with van der Waals surface area (Å²) >= 11 is 6.40. The quantitative estimate of drug-likeness (QED) is 0.792. The Morgan fingerprint density at radius 2 is 1.95 bits per heavy atom. The van der Waals surface area contributed by atoms with E-state index in [4.69, 9.17) is 18.0 Å². The van der Waals surface area contributed by atoms with Crippen LogP contribution in [0.15, 0.2) is 40.6 Å². The van der Waals surface area contributed by atoms with Crippen LogP contribution in [0.5, 0.6) is 0 Å². The molecule has 0 aliphatic heterocycles. The fraction of sp³-hybridized carbons (Fsp3) is 0.214. The predicted octanol–water partition coefficient (Wildman–Crippen LogP) is 2.42. The van der Waals surface area contributed by atoms with Gasteiger partial charge in [-0.1, -0.05) is 31.3 Å². The zero-order chi connectivity index (χ0) is 15.5. The normalized spacial score (nSPS) is 11.5. The van der Waals surface area contributed by atoms with E-state index in [9.17, 15) is 8.42 Å². The lowest BCUT2D eigenvalue weighted by Gasteiger charge is -2.07. The maximum Gasteiger partial charge on any atom is 0.240 e. The van der Waals surface area contributed by atoms with E-state index in [0.29, 0.717) is 12.1 Å². The summed E-state index contributed by atoms with van der Waals surface area (Å²) in [6, 6.07) is 8.25. The summed E-state index contributed by atoms with van der Waals surface area (Å²) in [5.74, 6) is 0. The number of hydrogen-bond acceptors (Lipinski definition) is 4. The molecule has 7 heteroatoms. The molecule has 21 heavy (non-hydrogen) atoms. The topological polar surface area (TPSA) is 72.2 Å². The second-order valence-electron chi connectivity index (χ2n) is 4.44. The SMILES string of the molecule is CCc1ccsc1CNS(=O)(=O)c1ccc(C(N)=S)cc1. The molecule has 3 N–H and O–H groups in total. The smallest absolute Gasteiger partial charge is 0.240 e. The summed E-state index contributed by atoms with van der Waals surface area (Å²) in [5.41, 5.74) is 7.32. The van der Waals surface area contributed by atoms with Crippen LogP contribution in [0.1, 0.15) is 22.9 Å². The average molecular weight is 340 g/mol. The molecule has 1 aromatic heterocycles. The summed E-state index contributed by atoms with van der Waals surface area (Å²) < 4.78 is 27.1. The van der Waals surface area contributed by atoms with Crippen LogP contribution < -0.4 is 10.5 Å². The van der Waals surface area contributed by atoms with Gasteiger partial charge >= 0.3 is 0 Å². The van der Waals surface area contributed by atoms with Crippen molar-refractivity contribution in [2.75, 3.05) is 0 Å². The van der Waals surface area contributed by atoms with Crippen molar-refractivity contribution in [3.63, 3.8) is 0 Å². The van der Waals surface area contributed by atoms with Crippen LogP contribution in [0, 0.1) is 0 Å². The van der Waals surface area contributed by atoms with Gasteiger partial charge in [0.05, 0.1) is 4.90 Å². The number of nitrogens with two attached hydrogens (primary N) is 1. The molecular formula is C14H16N2O2S3. The standard InChI is InChI=1S/C14H16N2O2S3/c1-2-10-7-8-20-13(10)9-16-21(17,18)12-5-3-11(4-6-12)14(15)19/h3-8,16H,2,9H2,1H3,(H2,15,19). The minimum absolute atomic E-state index is 0.206. The lowest BCUT2D eigenvalue weighted by Crippen LogP contribution is -2.23. The second kappa shape index (κ2) is 6.65. The van der Waals surface area contributed by atoms with Crippen molar-refractivity contribution in [1.29, 1.82) is 0 Å². The first-order chi connectivity index (χ1) is 9.94. The molecule has 112 valence electrons. The Morgan fingerprint density at radius 3 is 2.52 bits per heavy atom. The zero-order valence-electron chi connectivity index (χ0n) is 11.5. The van der Waals surface area contributed by atoms with Gasteiger partial charge in [-0.3, -0.25) is 0 Å². The van der Waals surface area contributed by atoms with Crippen molar-refractivity contribution in [2.24, 2.45) is 5.73 Å². The molecule has 1 aromatic carbocycles. The van der Waals surface area contributed by atoms with Crippen molar-refractivity contribution >= 4 is 38.6 Å². The lowest BCUT2D eigenvalue weighted by atomic mass is 10.2. The van der Waals surface area contributed by atoms with Gasteiger partial charge in [0, 0.05) is 17.0 Å². The third kappa shape index (κ3) is 3.88. The van der Waals surface area contributed by atoms with Crippen LogP contribution >= 0.6 is 23.6 Å². The number of thiophene rings is 1. The van der Waals surface area contributed by atoms with Crippen molar-refractivity contribution in [2.45, 2.75) is 24.8 Å². The van der Waals surface area contributed by atoms with Gasteiger partial charge < -0.3 is 5.73 Å². The highest BCUT2D eigenvalue weighted by Crippen LogP contribution is 2.18. The van der Waals surface area contributed by atoms with Crippen molar-refractivity contribution in [1.82, 2.24) is 4.72 Å². The molecule has 0 unspecified atom stereocenters. The fourth-order valence-electron chi connectivity index (χ4n) is 1.88. The molecule has 0 bridgehead atoms. The highest BCUT2D eigenvalue weighted by Gasteiger charge is 2.15. The number of sulfonamides is 1. The van der Waals surface area contributed by atoms with E-state index in [1.807, 2.05) is 11.4 Å². The number of benzene rings is 1. The van der Waals surface area contributed by atoms with Crippen molar-refractivity contribution in [3.8, 4) is 0 Å². The Hall–Kier alpha value is -1.28. The lowest BCUT2D eigenvalue weighted by molar-refractivity contribution is 0.581. The third-order valence-electron chi connectivity index (χ3n) is 3.09. The first-order valence-corrected chi connectivity index (χ1v) is 9.16. The Balaban J connectivity index is 2.13. The van der Waals surface area contributed by atoms with Crippen LogP contribution in [-0.2, 0) is 23.0 Å². The van der Waals surface area contributed by atoms with E-state index in [0.717, 1.165) is 11.3 Å². The minimum atomic E-state index is -3.53. The Bertz CT molecular complexity index is 734. The van der Waals surface area contributed by atoms with E-state index in [2.05, 4.69) is 11.6 Å². The summed E-state index contributed by atoms with van der Waals surface area (Å²) in [6.07, 6.45) is 0.892. The van der Waals surface area contributed by atoms with E-state index in [1.54, 1.807) is 23.5 Å². The molecule has 4 nitrogen and oxygen atoms in total. The molecule has 0 fully saturated rings. The van der Waals surface area contributed by atoms with Crippen LogP contribution in [-0.4, -0.2) is 13.4 Å². The first kappa shape index (κ1) is 16.1. The van der Waals surface area contributed by atoms with Crippen molar-refractivity contribution < 1.29 is 8.42 Å². The highest BCUT2D eigenvalue weighted by atomic mass is 32.2. The predicted molar refractivity (Wildman–Crippen MR) is 90.1 cm³/mol. The van der Waals surface area contributed by atoms with Crippen LogP contribution in [0.25, 0.3) is 0 Å². The van der Waals surface area contributed by atoms with Gasteiger partial charge in [0.25, 0.3) is 0 Å². The molecule has 0 saturated carbocycles. The monoisotopic (exact) mass is 340 g/mol. The van der Waals surface area contributed by atoms with Crippen LogP contribution in [0.4, 0.5) is 0 Å². The molecule has 0 amide bonds. The number of hydrogen-bond donors (Lipinski definition) is 2. The number of rotatable bonds is 6. The summed E-state index contributed by atoms with van der Waals surface area (Å²) in [5, 5.41) is 1.97. The van der Waals surface area contributed by atoms with Gasteiger partial charge in [-0.05, 0) is 35.6 Å². The zero-order valence-corrected chi connectivity index (χ0v) is 13.9. The molecule has 2 aromatic rings. The molecule has 0 atom stereocenters. The molecule has 0 saturated heterocycles. The molecule has 0 radical (unpaired) electrons. The maximum atomic E-state index is 12.2. The van der Waals surface area contributed by atoms with Gasteiger partial charge in [0.15, 0.2) is 0 Å². The maximum absolute atomic E-state index is 12.2. The molecule has 0 spiro atoms. The summed E-state index contributed by atoms with van der Waals surface area (Å²) in [6.45, 7) is 2.36. The number of nitrogens with one attached hydrogen (secondary N) is 1. The molecule has 1 heterocycles. The second-order valence-corrected chi connectivity index (χ2v) is 7.64. The molecular weight excluding hydrogens is 324 g/mol. The minimum Gasteiger partial charge on any atom is -0.389 e. The van der Waals surface area contributed by atoms with E-state index < -0.39 is 10.0 Å². The summed E-state index contributed by atoms with van der Waals surface area (Å²) in [4.78, 5) is 1.50. The molecule has 0 aliphatic carbocycles. The van der Waals surface area contributed by atoms with E-state index >= 15 is 0 Å². The highest BCUT2D eigenvalue weighted by molar-refractivity contribution is 7.89. The number of aryl methyl sites for hydroxylation is 1. The van der Waals surface area contributed by atoms with Crippen molar-refractivity contribution in [3.05, 3.63) is 51.7 Å². The van der Waals surface area contributed by atoms with Gasteiger partial charge in [-0.25, -0.2) is 13.1 Å².